The number of benzene rings is 1. The van der Waals surface area contributed by atoms with E-state index in [0.29, 0.717) is 6.04 Å². The summed E-state index contributed by atoms with van der Waals surface area (Å²) in [5.41, 5.74) is 1.30. The van der Waals surface area contributed by atoms with Gasteiger partial charge in [-0.2, -0.15) is 0 Å². The van der Waals surface area contributed by atoms with Crippen LogP contribution in [0.1, 0.15) is 18.6 Å². The van der Waals surface area contributed by atoms with E-state index in [1.165, 1.54) is 5.56 Å². The van der Waals surface area contributed by atoms with Gasteiger partial charge in [0.1, 0.15) is 8.24 Å². The van der Waals surface area contributed by atoms with E-state index in [9.17, 15) is 0 Å². The zero-order valence-electron chi connectivity index (χ0n) is 14.4. The smallest absolute Gasteiger partial charge is 0.184 e. The summed E-state index contributed by atoms with van der Waals surface area (Å²) in [5, 5.41) is 0. The highest BCUT2D eigenvalue weighted by Gasteiger charge is 2.33. The summed E-state index contributed by atoms with van der Waals surface area (Å²) < 4.78 is 9.07. The summed E-state index contributed by atoms with van der Waals surface area (Å²) in [6.07, 6.45) is 0.166. The Bertz CT molecular complexity index is 409. The molecule has 0 N–H and O–H groups in total. The topological polar surface area (TPSA) is 12.5 Å². The summed E-state index contributed by atoms with van der Waals surface area (Å²) in [5.74, 6) is 0. The van der Waals surface area contributed by atoms with Crippen molar-refractivity contribution in [1.82, 2.24) is 4.57 Å². The Hall–Kier alpha value is -0.426. The lowest BCUT2D eigenvalue weighted by Gasteiger charge is -2.41. The molecule has 4 heteroatoms. The number of hydrogen-bond acceptors (Lipinski definition) is 2. The van der Waals surface area contributed by atoms with Crippen LogP contribution in [0.25, 0.3) is 0 Å². The van der Waals surface area contributed by atoms with E-state index < -0.39 is 16.6 Å². The van der Waals surface area contributed by atoms with Crippen molar-refractivity contribution < 1.29 is 4.43 Å². The van der Waals surface area contributed by atoms with Gasteiger partial charge in [0.25, 0.3) is 0 Å². The Balaban J connectivity index is 3.05. The van der Waals surface area contributed by atoms with E-state index in [-0.39, 0.29) is 6.10 Å². The van der Waals surface area contributed by atoms with Gasteiger partial charge in [0, 0.05) is 6.04 Å². The molecule has 1 aromatic rings. The largest absolute Gasteiger partial charge is 0.409 e. The maximum absolute atomic E-state index is 6.52. The molecule has 0 heterocycles. The quantitative estimate of drug-likeness (QED) is 0.704. The SMILES string of the molecule is CC(C(O[Si](C)(C)C)c1ccccc1)N(C)[Si](C)(C)C. The molecule has 0 fully saturated rings. The van der Waals surface area contributed by atoms with Gasteiger partial charge in [0.2, 0.25) is 0 Å². The van der Waals surface area contributed by atoms with Crippen LogP contribution in [-0.2, 0) is 4.43 Å². The van der Waals surface area contributed by atoms with E-state index >= 15 is 0 Å². The van der Waals surface area contributed by atoms with Crippen molar-refractivity contribution in [1.29, 1.82) is 0 Å². The van der Waals surface area contributed by atoms with Gasteiger partial charge < -0.3 is 8.99 Å². The molecule has 0 aliphatic carbocycles. The zero-order chi connectivity index (χ0) is 15.6. The molecule has 0 amide bonds. The van der Waals surface area contributed by atoms with E-state index in [1.807, 2.05) is 0 Å². The van der Waals surface area contributed by atoms with Crippen molar-refractivity contribution in [2.24, 2.45) is 0 Å². The summed E-state index contributed by atoms with van der Waals surface area (Å²) in [4.78, 5) is 0. The molecule has 114 valence electrons. The third-order valence-corrected chi connectivity index (χ3v) is 7.20. The first-order valence-corrected chi connectivity index (χ1v) is 14.3. The van der Waals surface area contributed by atoms with Crippen molar-refractivity contribution in [2.75, 3.05) is 7.05 Å². The first kappa shape index (κ1) is 17.6. The van der Waals surface area contributed by atoms with E-state index in [1.54, 1.807) is 0 Å². The molecule has 0 saturated carbocycles. The molecule has 0 spiro atoms. The third kappa shape index (κ3) is 5.16. The Morgan fingerprint density at radius 1 is 0.950 bits per heavy atom. The fourth-order valence-corrected chi connectivity index (χ4v) is 4.73. The standard InChI is InChI=1S/C16H31NOSi2/c1-14(17(2)19(3,4)5)16(18-20(6,7)8)15-12-10-9-11-13-15/h9-14,16H,1-8H3. The second-order valence-corrected chi connectivity index (χ2v) is 17.1. The minimum Gasteiger partial charge on any atom is -0.409 e. The molecule has 0 saturated heterocycles. The predicted molar refractivity (Wildman–Crippen MR) is 94.2 cm³/mol. The van der Waals surface area contributed by atoms with Gasteiger partial charge in [0.05, 0.1) is 6.10 Å². The zero-order valence-corrected chi connectivity index (χ0v) is 16.4. The van der Waals surface area contributed by atoms with Crippen LogP contribution in [-0.4, -0.2) is 34.2 Å². The Labute approximate surface area is 127 Å². The van der Waals surface area contributed by atoms with Gasteiger partial charge in [0.15, 0.2) is 8.32 Å². The van der Waals surface area contributed by atoms with E-state index in [2.05, 4.69) is 88.2 Å². The minimum atomic E-state index is -1.58. The van der Waals surface area contributed by atoms with Crippen molar-refractivity contribution in [3.05, 3.63) is 35.9 Å². The average molecular weight is 310 g/mol. The first-order chi connectivity index (χ1) is 9.02. The third-order valence-electron chi connectivity index (χ3n) is 3.72. The van der Waals surface area contributed by atoms with Gasteiger partial charge in [-0.1, -0.05) is 50.0 Å². The fourth-order valence-electron chi connectivity index (χ4n) is 2.28. The minimum absolute atomic E-state index is 0.166. The molecule has 0 aromatic heterocycles. The molecule has 0 aliphatic heterocycles. The van der Waals surface area contributed by atoms with Crippen LogP contribution in [0.2, 0.25) is 39.3 Å². The average Bonchev–Trinajstić information content (AvgIpc) is 2.33. The molecule has 0 radical (unpaired) electrons. The number of rotatable bonds is 6. The summed E-state index contributed by atoms with van der Waals surface area (Å²) in [6.45, 7) is 16.3. The van der Waals surface area contributed by atoms with Gasteiger partial charge in [-0.3, -0.25) is 0 Å². The molecule has 2 nitrogen and oxygen atoms in total. The van der Waals surface area contributed by atoms with E-state index in [4.69, 9.17) is 4.43 Å². The molecule has 20 heavy (non-hydrogen) atoms. The van der Waals surface area contributed by atoms with Crippen LogP contribution in [0.4, 0.5) is 0 Å². The normalized spacial score (nSPS) is 16.2. The number of nitrogens with zero attached hydrogens (tertiary/aromatic N) is 1. The van der Waals surface area contributed by atoms with Crippen LogP contribution >= 0.6 is 0 Å². The van der Waals surface area contributed by atoms with Gasteiger partial charge in [-0.15, -0.1) is 0 Å². The van der Waals surface area contributed by atoms with Crippen molar-refractivity contribution in [2.45, 2.75) is 58.4 Å². The summed E-state index contributed by atoms with van der Waals surface area (Å²) in [7, 11) is -0.658. The molecular weight excluding hydrogens is 278 g/mol. The fraction of sp³-hybridized carbons (Fsp3) is 0.625. The van der Waals surface area contributed by atoms with Crippen LogP contribution in [0.15, 0.2) is 30.3 Å². The second-order valence-electron chi connectivity index (χ2n) is 7.58. The number of hydrogen-bond donors (Lipinski definition) is 0. The highest BCUT2D eigenvalue weighted by molar-refractivity contribution is 6.73. The van der Waals surface area contributed by atoms with Gasteiger partial charge in [-0.05, 0) is 39.2 Å². The highest BCUT2D eigenvalue weighted by Crippen LogP contribution is 2.30. The molecule has 0 bridgehead atoms. The molecule has 2 atom stereocenters. The van der Waals surface area contributed by atoms with Crippen LogP contribution in [0.5, 0.6) is 0 Å². The number of likely N-dealkylation sites (N-methyl/N-ethyl adjacent to an activating group) is 1. The monoisotopic (exact) mass is 309 g/mol. The van der Waals surface area contributed by atoms with E-state index in [0.717, 1.165) is 0 Å². The molecule has 0 aliphatic rings. The predicted octanol–water partition coefficient (Wildman–Crippen LogP) is 4.73. The first-order valence-electron chi connectivity index (χ1n) is 7.48. The maximum atomic E-state index is 6.52. The molecule has 1 rings (SSSR count). The molecule has 1 aromatic carbocycles. The van der Waals surface area contributed by atoms with Gasteiger partial charge in [-0.25, -0.2) is 0 Å². The van der Waals surface area contributed by atoms with Crippen molar-refractivity contribution >= 4 is 16.6 Å². The summed E-state index contributed by atoms with van der Waals surface area (Å²) in [6, 6.07) is 11.1. The van der Waals surface area contributed by atoms with Gasteiger partial charge >= 0.3 is 0 Å². The summed E-state index contributed by atoms with van der Waals surface area (Å²) >= 11 is 0. The lowest BCUT2D eigenvalue weighted by Crippen LogP contribution is -2.51. The van der Waals surface area contributed by atoms with Crippen LogP contribution < -0.4 is 0 Å². The Morgan fingerprint density at radius 2 is 1.45 bits per heavy atom. The molecule has 2 unspecified atom stereocenters. The van der Waals surface area contributed by atoms with Crippen molar-refractivity contribution in [3.8, 4) is 0 Å². The second kappa shape index (κ2) is 6.56. The lowest BCUT2D eigenvalue weighted by molar-refractivity contribution is 0.121. The van der Waals surface area contributed by atoms with Crippen molar-refractivity contribution in [3.63, 3.8) is 0 Å². The Kier molecular flexibility index (Phi) is 5.78. The van der Waals surface area contributed by atoms with Crippen LogP contribution in [0.3, 0.4) is 0 Å². The Morgan fingerprint density at radius 3 is 1.85 bits per heavy atom. The lowest BCUT2D eigenvalue weighted by atomic mass is 10.0. The molecular formula is C16H31NOSi2. The van der Waals surface area contributed by atoms with Crippen LogP contribution in [0, 0.1) is 0 Å². The maximum Gasteiger partial charge on any atom is 0.184 e. The highest BCUT2D eigenvalue weighted by atomic mass is 28.4.